The van der Waals surface area contributed by atoms with Crippen molar-refractivity contribution >= 4 is 6.03 Å². The lowest BCUT2D eigenvalue weighted by Crippen LogP contribution is -2.48. The minimum absolute atomic E-state index is 0.000287. The molecular weight excluding hydrogens is 196 g/mol. The number of urea groups is 1. The monoisotopic (exact) mass is 214 g/mol. The van der Waals surface area contributed by atoms with Gasteiger partial charge in [-0.3, -0.25) is 0 Å². The Kier molecular flexibility index (Phi) is 3.43. The standard InChI is InChI=1S/C10H18N2O3/c13-9-5-8(6-9)7-11-10(14)12-1-3-15-4-2-12/h8-9,13H,1-7H2,(H,11,14). The maximum atomic E-state index is 11.6. The Hall–Kier alpha value is -0.810. The average molecular weight is 214 g/mol. The number of carbonyl (C=O) groups excluding carboxylic acids is 1. The van der Waals surface area contributed by atoms with E-state index < -0.39 is 0 Å². The molecule has 0 aromatic heterocycles. The number of amides is 2. The first-order chi connectivity index (χ1) is 7.25. The number of rotatable bonds is 2. The number of carbonyl (C=O) groups is 1. The summed E-state index contributed by atoms with van der Waals surface area (Å²) in [7, 11) is 0. The summed E-state index contributed by atoms with van der Waals surface area (Å²) in [5.74, 6) is 0.463. The average Bonchev–Trinajstić information content (AvgIpc) is 2.23. The summed E-state index contributed by atoms with van der Waals surface area (Å²) in [5, 5.41) is 12.0. The highest BCUT2D eigenvalue weighted by Crippen LogP contribution is 2.26. The number of nitrogens with one attached hydrogen (secondary N) is 1. The number of hydrogen-bond donors (Lipinski definition) is 2. The van der Waals surface area contributed by atoms with Gasteiger partial charge in [-0.05, 0) is 18.8 Å². The molecule has 0 bridgehead atoms. The molecular formula is C10H18N2O3. The van der Waals surface area contributed by atoms with Crippen molar-refractivity contribution in [2.24, 2.45) is 5.92 Å². The topological polar surface area (TPSA) is 61.8 Å². The maximum absolute atomic E-state index is 11.6. The maximum Gasteiger partial charge on any atom is 0.317 e. The van der Waals surface area contributed by atoms with Crippen molar-refractivity contribution in [1.82, 2.24) is 10.2 Å². The Morgan fingerprint density at radius 2 is 2.07 bits per heavy atom. The Morgan fingerprint density at radius 1 is 1.40 bits per heavy atom. The van der Waals surface area contributed by atoms with Crippen LogP contribution in [0, 0.1) is 5.92 Å². The Bertz CT molecular complexity index is 223. The Labute approximate surface area is 89.4 Å². The molecule has 0 unspecified atom stereocenters. The number of morpholine rings is 1. The van der Waals surface area contributed by atoms with E-state index in [1.807, 2.05) is 0 Å². The van der Waals surface area contributed by atoms with Crippen molar-refractivity contribution < 1.29 is 14.6 Å². The van der Waals surface area contributed by atoms with Crippen molar-refractivity contribution in [1.29, 1.82) is 0 Å². The Balaban J connectivity index is 1.63. The van der Waals surface area contributed by atoms with Crippen LogP contribution in [-0.4, -0.2) is 55.0 Å². The number of hydrogen-bond acceptors (Lipinski definition) is 3. The van der Waals surface area contributed by atoms with Crippen LogP contribution < -0.4 is 5.32 Å². The molecule has 0 spiro atoms. The molecule has 1 saturated heterocycles. The molecule has 2 aliphatic rings. The van der Waals surface area contributed by atoms with E-state index in [9.17, 15) is 4.79 Å². The van der Waals surface area contributed by atoms with Gasteiger partial charge in [0.1, 0.15) is 0 Å². The second-order valence-corrected chi connectivity index (χ2v) is 4.28. The van der Waals surface area contributed by atoms with Gasteiger partial charge < -0.3 is 20.1 Å². The lowest BCUT2D eigenvalue weighted by atomic mass is 9.82. The molecule has 1 aliphatic heterocycles. The third kappa shape index (κ3) is 2.82. The van der Waals surface area contributed by atoms with Gasteiger partial charge in [-0.2, -0.15) is 0 Å². The van der Waals surface area contributed by atoms with E-state index in [1.165, 1.54) is 0 Å². The summed E-state index contributed by atoms with van der Waals surface area (Å²) in [5.41, 5.74) is 0. The molecule has 0 aromatic rings. The molecule has 1 heterocycles. The van der Waals surface area contributed by atoms with Crippen molar-refractivity contribution in [2.45, 2.75) is 18.9 Å². The largest absolute Gasteiger partial charge is 0.393 e. The van der Waals surface area contributed by atoms with Crippen LogP contribution in [0.1, 0.15) is 12.8 Å². The molecule has 2 rings (SSSR count). The minimum Gasteiger partial charge on any atom is -0.393 e. The van der Waals surface area contributed by atoms with Crippen LogP contribution in [0.15, 0.2) is 0 Å². The van der Waals surface area contributed by atoms with E-state index in [4.69, 9.17) is 9.84 Å². The van der Waals surface area contributed by atoms with Gasteiger partial charge in [-0.1, -0.05) is 0 Å². The van der Waals surface area contributed by atoms with E-state index in [1.54, 1.807) is 4.90 Å². The zero-order valence-corrected chi connectivity index (χ0v) is 8.82. The minimum atomic E-state index is -0.143. The lowest BCUT2D eigenvalue weighted by molar-refractivity contribution is 0.0388. The number of aliphatic hydroxyl groups is 1. The van der Waals surface area contributed by atoms with Gasteiger partial charge in [0.2, 0.25) is 0 Å². The van der Waals surface area contributed by atoms with Gasteiger partial charge in [0.15, 0.2) is 0 Å². The van der Waals surface area contributed by atoms with Crippen molar-refractivity contribution in [2.75, 3.05) is 32.8 Å². The number of ether oxygens (including phenoxy) is 1. The first kappa shape index (κ1) is 10.7. The van der Waals surface area contributed by atoms with E-state index in [0.29, 0.717) is 38.8 Å². The molecule has 0 aromatic carbocycles. The van der Waals surface area contributed by atoms with E-state index >= 15 is 0 Å². The molecule has 1 aliphatic carbocycles. The van der Waals surface area contributed by atoms with Crippen LogP contribution in [0.25, 0.3) is 0 Å². The van der Waals surface area contributed by atoms with Gasteiger partial charge in [-0.15, -0.1) is 0 Å². The van der Waals surface area contributed by atoms with Crippen molar-refractivity contribution in [3.63, 3.8) is 0 Å². The predicted molar refractivity (Wildman–Crippen MR) is 54.5 cm³/mol. The molecule has 2 amide bonds. The van der Waals surface area contributed by atoms with Gasteiger partial charge in [-0.25, -0.2) is 4.79 Å². The van der Waals surface area contributed by atoms with Gasteiger partial charge >= 0.3 is 6.03 Å². The smallest absolute Gasteiger partial charge is 0.317 e. The second kappa shape index (κ2) is 4.81. The summed E-state index contributed by atoms with van der Waals surface area (Å²) in [4.78, 5) is 13.4. The molecule has 1 saturated carbocycles. The number of aliphatic hydroxyl groups excluding tert-OH is 1. The highest BCUT2D eigenvalue weighted by Gasteiger charge is 2.27. The first-order valence-corrected chi connectivity index (χ1v) is 5.54. The molecule has 2 N–H and O–H groups in total. The third-order valence-electron chi connectivity index (χ3n) is 3.05. The summed E-state index contributed by atoms with van der Waals surface area (Å²) in [6.07, 6.45) is 1.50. The first-order valence-electron chi connectivity index (χ1n) is 5.54. The zero-order valence-electron chi connectivity index (χ0n) is 8.82. The highest BCUT2D eigenvalue weighted by atomic mass is 16.5. The summed E-state index contributed by atoms with van der Waals surface area (Å²) >= 11 is 0. The SMILES string of the molecule is O=C(NCC1CC(O)C1)N1CCOCC1. The van der Waals surface area contributed by atoms with E-state index in [-0.39, 0.29) is 12.1 Å². The molecule has 0 radical (unpaired) electrons. The van der Waals surface area contributed by atoms with Crippen LogP contribution in [0.5, 0.6) is 0 Å². The Morgan fingerprint density at radius 3 is 2.67 bits per heavy atom. The van der Waals surface area contributed by atoms with Crippen LogP contribution in [0.4, 0.5) is 4.79 Å². The van der Waals surface area contributed by atoms with Crippen LogP contribution in [0.2, 0.25) is 0 Å². The van der Waals surface area contributed by atoms with Crippen LogP contribution in [0.3, 0.4) is 0 Å². The van der Waals surface area contributed by atoms with Crippen molar-refractivity contribution in [3.8, 4) is 0 Å². The van der Waals surface area contributed by atoms with Gasteiger partial charge in [0.25, 0.3) is 0 Å². The fourth-order valence-corrected chi connectivity index (χ4v) is 1.98. The van der Waals surface area contributed by atoms with Crippen LogP contribution in [-0.2, 0) is 4.74 Å². The second-order valence-electron chi connectivity index (χ2n) is 4.28. The quantitative estimate of drug-likeness (QED) is 0.669. The zero-order chi connectivity index (χ0) is 10.7. The van der Waals surface area contributed by atoms with Crippen molar-refractivity contribution in [3.05, 3.63) is 0 Å². The molecule has 0 atom stereocenters. The van der Waals surface area contributed by atoms with E-state index in [0.717, 1.165) is 12.8 Å². The normalized spacial score (nSPS) is 30.9. The third-order valence-corrected chi connectivity index (χ3v) is 3.05. The van der Waals surface area contributed by atoms with Gasteiger partial charge in [0.05, 0.1) is 19.3 Å². The van der Waals surface area contributed by atoms with Crippen LogP contribution >= 0.6 is 0 Å². The predicted octanol–water partition coefficient (Wildman–Crippen LogP) is -0.201. The summed E-state index contributed by atoms with van der Waals surface area (Å²) in [6, 6.07) is -0.000287. The highest BCUT2D eigenvalue weighted by molar-refractivity contribution is 5.74. The molecule has 86 valence electrons. The van der Waals surface area contributed by atoms with E-state index in [2.05, 4.69) is 5.32 Å². The van der Waals surface area contributed by atoms with Gasteiger partial charge in [0, 0.05) is 19.6 Å². The fraction of sp³-hybridized carbons (Fsp3) is 0.900. The molecule has 15 heavy (non-hydrogen) atoms. The summed E-state index contributed by atoms with van der Waals surface area (Å²) < 4.78 is 5.17. The summed E-state index contributed by atoms with van der Waals surface area (Å²) in [6.45, 7) is 3.32. The molecule has 5 heteroatoms. The fourth-order valence-electron chi connectivity index (χ4n) is 1.98. The molecule has 5 nitrogen and oxygen atoms in total. The molecule has 2 fully saturated rings. The number of nitrogens with zero attached hydrogens (tertiary/aromatic N) is 1. The lowest BCUT2D eigenvalue weighted by Gasteiger charge is -2.33.